The van der Waals surface area contributed by atoms with Gasteiger partial charge in [-0.2, -0.15) is 0 Å². The molecule has 1 amide bonds. The Balaban J connectivity index is 1.87. The number of halogens is 2. The number of hydrogen-bond acceptors (Lipinski definition) is 4. The van der Waals surface area contributed by atoms with Gasteiger partial charge in [-0.05, 0) is 42.5 Å². The highest BCUT2D eigenvalue weighted by Gasteiger charge is 2.07. The second kappa shape index (κ2) is 8.30. The van der Waals surface area contributed by atoms with Gasteiger partial charge in [0.15, 0.2) is 0 Å². The van der Waals surface area contributed by atoms with E-state index in [9.17, 15) is 9.18 Å². The van der Waals surface area contributed by atoms with Crippen molar-refractivity contribution >= 4 is 39.9 Å². The molecule has 0 saturated heterocycles. The van der Waals surface area contributed by atoms with Crippen molar-refractivity contribution in [2.24, 2.45) is 0 Å². The predicted molar refractivity (Wildman–Crippen MR) is 104 cm³/mol. The number of carbonyl (C=O) groups excluding carboxylic acids is 1. The van der Waals surface area contributed by atoms with Crippen molar-refractivity contribution in [3.05, 3.63) is 71.8 Å². The summed E-state index contributed by atoms with van der Waals surface area (Å²) in [5.41, 5.74) is 2.07. The van der Waals surface area contributed by atoms with E-state index >= 15 is 0 Å². The van der Waals surface area contributed by atoms with E-state index < -0.39 is 5.82 Å². The first kappa shape index (κ1) is 18.4. The van der Waals surface area contributed by atoms with Crippen LogP contribution >= 0.6 is 11.6 Å². The first-order chi connectivity index (χ1) is 13.1. The zero-order valence-electron chi connectivity index (χ0n) is 14.1. The summed E-state index contributed by atoms with van der Waals surface area (Å²) >= 11 is 5.83. The Hall–Kier alpha value is -3.43. The van der Waals surface area contributed by atoms with Crippen LogP contribution in [0.2, 0.25) is 5.02 Å². The predicted octanol–water partition coefficient (Wildman–Crippen LogP) is 3.82. The fourth-order valence-electron chi connectivity index (χ4n) is 2.29. The molecule has 27 heavy (non-hydrogen) atoms. The SMILES string of the molecule is C=CC(=O)NCC#Cc1ccc2ncnc(Nc3ccc(F)c(Cl)c3)c2c1. The van der Waals surface area contributed by atoms with Crippen LogP contribution in [0.25, 0.3) is 10.9 Å². The molecule has 2 aromatic carbocycles. The summed E-state index contributed by atoms with van der Waals surface area (Å²) in [5.74, 6) is 5.62. The lowest BCUT2D eigenvalue weighted by atomic mass is 10.1. The number of fused-ring (bicyclic) bond motifs is 1. The number of nitrogens with zero attached hydrogens (tertiary/aromatic N) is 2. The summed E-state index contributed by atoms with van der Waals surface area (Å²) in [7, 11) is 0. The van der Waals surface area contributed by atoms with E-state index in [2.05, 4.69) is 39.0 Å². The Morgan fingerprint density at radius 3 is 2.89 bits per heavy atom. The summed E-state index contributed by atoms with van der Waals surface area (Å²) < 4.78 is 13.3. The molecule has 0 fully saturated rings. The molecule has 0 spiro atoms. The largest absolute Gasteiger partial charge is 0.342 e. The third kappa shape index (κ3) is 4.60. The minimum atomic E-state index is -0.490. The maximum atomic E-state index is 13.3. The molecule has 0 aliphatic heterocycles. The number of anilines is 2. The quantitative estimate of drug-likeness (QED) is 0.533. The van der Waals surface area contributed by atoms with Gasteiger partial charge in [0.2, 0.25) is 5.91 Å². The molecule has 0 radical (unpaired) electrons. The van der Waals surface area contributed by atoms with Crippen LogP contribution in [0.5, 0.6) is 0 Å². The first-order valence-electron chi connectivity index (χ1n) is 7.93. The van der Waals surface area contributed by atoms with Gasteiger partial charge in [-0.25, -0.2) is 14.4 Å². The van der Waals surface area contributed by atoms with Crippen molar-refractivity contribution in [1.82, 2.24) is 15.3 Å². The number of amides is 1. The monoisotopic (exact) mass is 380 g/mol. The van der Waals surface area contributed by atoms with Crippen molar-refractivity contribution < 1.29 is 9.18 Å². The van der Waals surface area contributed by atoms with E-state index in [4.69, 9.17) is 11.6 Å². The standard InChI is InChI=1S/C20H14ClFN4O/c1-2-19(27)23-9-3-4-13-5-8-18-15(10-13)20(25-12-24-18)26-14-6-7-17(22)16(21)11-14/h2,5-8,10-12H,1,9H2,(H,23,27)(H,24,25,26). The summed E-state index contributed by atoms with van der Waals surface area (Å²) in [4.78, 5) is 19.6. The molecule has 0 aliphatic rings. The van der Waals surface area contributed by atoms with Crippen LogP contribution in [0.3, 0.4) is 0 Å². The molecule has 0 aliphatic carbocycles. The van der Waals surface area contributed by atoms with Gasteiger partial charge in [0.1, 0.15) is 18.0 Å². The van der Waals surface area contributed by atoms with E-state index in [-0.39, 0.29) is 17.5 Å². The minimum Gasteiger partial charge on any atom is -0.342 e. The van der Waals surface area contributed by atoms with E-state index in [1.54, 1.807) is 6.07 Å². The highest BCUT2D eigenvalue weighted by molar-refractivity contribution is 6.31. The lowest BCUT2D eigenvalue weighted by Crippen LogP contribution is -2.20. The van der Waals surface area contributed by atoms with Crippen LogP contribution in [0.15, 0.2) is 55.4 Å². The maximum Gasteiger partial charge on any atom is 0.244 e. The fraction of sp³-hybridized carbons (Fsp3) is 0.0500. The van der Waals surface area contributed by atoms with Gasteiger partial charge >= 0.3 is 0 Å². The second-order valence-corrected chi connectivity index (χ2v) is 5.84. The molecule has 1 aromatic heterocycles. The number of aromatic nitrogens is 2. The van der Waals surface area contributed by atoms with Crippen LogP contribution in [0.1, 0.15) is 5.56 Å². The average Bonchev–Trinajstić information content (AvgIpc) is 2.68. The number of carbonyl (C=O) groups is 1. The Labute approximate surface area is 160 Å². The lowest BCUT2D eigenvalue weighted by molar-refractivity contribution is -0.116. The van der Waals surface area contributed by atoms with E-state index in [0.29, 0.717) is 11.5 Å². The van der Waals surface area contributed by atoms with Gasteiger partial charge < -0.3 is 10.6 Å². The Morgan fingerprint density at radius 2 is 2.11 bits per heavy atom. The number of rotatable bonds is 4. The lowest BCUT2D eigenvalue weighted by Gasteiger charge is -2.09. The van der Waals surface area contributed by atoms with Crippen molar-refractivity contribution in [1.29, 1.82) is 0 Å². The summed E-state index contributed by atoms with van der Waals surface area (Å²) in [6, 6.07) is 9.83. The van der Waals surface area contributed by atoms with Crippen LogP contribution in [0, 0.1) is 17.7 Å². The van der Waals surface area contributed by atoms with E-state index in [1.165, 1.54) is 24.5 Å². The molecular weight excluding hydrogens is 367 g/mol. The zero-order valence-corrected chi connectivity index (χ0v) is 14.8. The molecule has 1 heterocycles. The molecule has 3 aromatic rings. The average molecular weight is 381 g/mol. The number of benzene rings is 2. The van der Waals surface area contributed by atoms with Crippen LogP contribution in [-0.2, 0) is 4.79 Å². The molecular formula is C20H14ClFN4O. The van der Waals surface area contributed by atoms with Crippen molar-refractivity contribution in [3.63, 3.8) is 0 Å². The topological polar surface area (TPSA) is 66.9 Å². The third-order valence-electron chi connectivity index (χ3n) is 3.59. The van der Waals surface area contributed by atoms with Gasteiger partial charge in [-0.15, -0.1) is 0 Å². The second-order valence-electron chi connectivity index (χ2n) is 5.43. The van der Waals surface area contributed by atoms with Crippen molar-refractivity contribution in [2.75, 3.05) is 11.9 Å². The zero-order chi connectivity index (χ0) is 19.2. The van der Waals surface area contributed by atoms with Gasteiger partial charge in [-0.1, -0.05) is 30.0 Å². The molecule has 0 saturated carbocycles. The molecule has 5 nitrogen and oxygen atoms in total. The summed E-state index contributed by atoms with van der Waals surface area (Å²) in [6.45, 7) is 3.59. The maximum absolute atomic E-state index is 13.3. The van der Waals surface area contributed by atoms with E-state index in [1.807, 2.05) is 18.2 Å². The van der Waals surface area contributed by atoms with Gasteiger partial charge in [0.25, 0.3) is 0 Å². The van der Waals surface area contributed by atoms with Gasteiger partial charge in [0, 0.05) is 16.6 Å². The molecule has 0 atom stereocenters. The molecule has 134 valence electrons. The van der Waals surface area contributed by atoms with Gasteiger partial charge in [0.05, 0.1) is 17.1 Å². The van der Waals surface area contributed by atoms with Gasteiger partial charge in [-0.3, -0.25) is 4.79 Å². The molecule has 3 rings (SSSR count). The first-order valence-corrected chi connectivity index (χ1v) is 8.30. The minimum absolute atomic E-state index is 0.0199. The van der Waals surface area contributed by atoms with Crippen LogP contribution < -0.4 is 10.6 Å². The normalized spacial score (nSPS) is 10.0. The highest BCUT2D eigenvalue weighted by Crippen LogP contribution is 2.26. The molecule has 7 heteroatoms. The Bertz CT molecular complexity index is 1090. The van der Waals surface area contributed by atoms with Crippen molar-refractivity contribution in [3.8, 4) is 11.8 Å². The number of hydrogen-bond donors (Lipinski definition) is 2. The Kier molecular flexibility index (Phi) is 5.64. The smallest absolute Gasteiger partial charge is 0.244 e. The third-order valence-corrected chi connectivity index (χ3v) is 3.88. The van der Waals surface area contributed by atoms with Crippen molar-refractivity contribution in [2.45, 2.75) is 0 Å². The Morgan fingerprint density at radius 1 is 1.26 bits per heavy atom. The van der Waals surface area contributed by atoms with Crippen LogP contribution in [-0.4, -0.2) is 22.4 Å². The van der Waals surface area contributed by atoms with E-state index in [0.717, 1.165) is 16.5 Å². The summed E-state index contributed by atoms with van der Waals surface area (Å²) in [6.07, 6.45) is 2.63. The fourth-order valence-corrected chi connectivity index (χ4v) is 2.47. The molecule has 0 unspecified atom stereocenters. The van der Waals surface area contributed by atoms with Crippen LogP contribution in [0.4, 0.5) is 15.9 Å². The molecule has 2 N–H and O–H groups in total. The summed E-state index contributed by atoms with van der Waals surface area (Å²) in [5, 5.41) is 6.47. The highest BCUT2D eigenvalue weighted by atomic mass is 35.5. The molecule has 0 bridgehead atoms. The number of nitrogens with one attached hydrogen (secondary N) is 2.